The summed E-state index contributed by atoms with van der Waals surface area (Å²) in [7, 11) is 0. The van der Waals surface area contributed by atoms with E-state index in [2.05, 4.69) is 11.8 Å². The summed E-state index contributed by atoms with van der Waals surface area (Å²) < 4.78 is 0. The minimum absolute atomic E-state index is 0.497. The molecule has 2 heteroatoms. The number of fused-ring (bicyclic) bond motifs is 2. The Morgan fingerprint density at radius 2 is 1.69 bits per heavy atom. The van der Waals surface area contributed by atoms with E-state index < -0.39 is 0 Å². The van der Waals surface area contributed by atoms with Crippen molar-refractivity contribution in [2.75, 3.05) is 6.54 Å². The molecule has 0 aromatic heterocycles. The van der Waals surface area contributed by atoms with Crippen LogP contribution in [0.25, 0.3) is 0 Å². The summed E-state index contributed by atoms with van der Waals surface area (Å²) in [5.74, 6) is 1.97. The zero-order valence-electron chi connectivity index (χ0n) is 10.6. The fourth-order valence-corrected chi connectivity index (χ4v) is 4.40. The maximum atomic E-state index is 6.12. The van der Waals surface area contributed by atoms with Crippen LogP contribution in [-0.2, 0) is 0 Å². The first-order valence-corrected chi connectivity index (χ1v) is 7.23. The van der Waals surface area contributed by atoms with Crippen molar-refractivity contribution in [3.63, 3.8) is 0 Å². The van der Waals surface area contributed by atoms with Gasteiger partial charge in [-0.25, -0.2) is 0 Å². The maximum Gasteiger partial charge on any atom is 0.0114 e. The summed E-state index contributed by atoms with van der Waals surface area (Å²) in [6.07, 6.45) is 9.78. The second-order valence-electron chi connectivity index (χ2n) is 6.60. The van der Waals surface area contributed by atoms with Gasteiger partial charge in [-0.2, -0.15) is 0 Å². The van der Waals surface area contributed by atoms with Gasteiger partial charge in [0.25, 0.3) is 0 Å². The molecule has 1 saturated carbocycles. The van der Waals surface area contributed by atoms with Gasteiger partial charge in [0, 0.05) is 24.7 Å². The Hall–Kier alpha value is -0.0800. The molecular formula is C14H26N2. The fourth-order valence-electron chi connectivity index (χ4n) is 4.40. The molecule has 2 bridgehead atoms. The van der Waals surface area contributed by atoms with Gasteiger partial charge in [0.05, 0.1) is 0 Å². The van der Waals surface area contributed by atoms with E-state index in [1.807, 2.05) is 0 Å². The molecule has 0 spiro atoms. The highest BCUT2D eigenvalue weighted by molar-refractivity contribution is 4.97. The van der Waals surface area contributed by atoms with E-state index in [1.54, 1.807) is 0 Å². The summed E-state index contributed by atoms with van der Waals surface area (Å²) in [5, 5.41) is 0. The van der Waals surface area contributed by atoms with Crippen LogP contribution < -0.4 is 5.73 Å². The zero-order chi connectivity index (χ0) is 11.1. The molecule has 2 N–H and O–H groups in total. The van der Waals surface area contributed by atoms with Crippen molar-refractivity contribution in [3.05, 3.63) is 0 Å². The lowest BCUT2D eigenvalue weighted by atomic mass is 9.96. The third kappa shape index (κ3) is 2.02. The second kappa shape index (κ2) is 4.30. The van der Waals surface area contributed by atoms with E-state index >= 15 is 0 Å². The van der Waals surface area contributed by atoms with Crippen molar-refractivity contribution in [2.24, 2.45) is 17.6 Å². The summed E-state index contributed by atoms with van der Waals surface area (Å²) in [6.45, 7) is 3.80. The van der Waals surface area contributed by atoms with Gasteiger partial charge < -0.3 is 5.73 Å². The second-order valence-corrected chi connectivity index (χ2v) is 6.60. The van der Waals surface area contributed by atoms with Crippen LogP contribution in [0.4, 0.5) is 0 Å². The van der Waals surface area contributed by atoms with Crippen LogP contribution in [0.5, 0.6) is 0 Å². The first-order chi connectivity index (χ1) is 7.72. The Labute approximate surface area is 99.6 Å². The normalized spacial score (nSPS) is 48.8. The average Bonchev–Trinajstić information content (AvgIpc) is 2.72. The largest absolute Gasteiger partial charge is 0.328 e. The number of nitrogens with zero attached hydrogens (tertiary/aromatic N) is 1. The van der Waals surface area contributed by atoms with Gasteiger partial charge in [0.2, 0.25) is 0 Å². The lowest BCUT2D eigenvalue weighted by Crippen LogP contribution is -2.48. The Bertz CT molecular complexity index is 239. The molecule has 2 nitrogen and oxygen atoms in total. The number of hydrogen-bond acceptors (Lipinski definition) is 2. The minimum atomic E-state index is 0.497. The number of nitrogens with two attached hydrogens (primary N) is 1. The zero-order valence-corrected chi connectivity index (χ0v) is 10.6. The van der Waals surface area contributed by atoms with Gasteiger partial charge in [-0.1, -0.05) is 13.3 Å². The summed E-state index contributed by atoms with van der Waals surface area (Å²) in [4.78, 5) is 2.83. The molecule has 0 radical (unpaired) electrons. The van der Waals surface area contributed by atoms with Gasteiger partial charge >= 0.3 is 0 Å². The van der Waals surface area contributed by atoms with Crippen LogP contribution in [0.15, 0.2) is 0 Å². The van der Waals surface area contributed by atoms with Crippen molar-refractivity contribution >= 4 is 0 Å². The molecule has 92 valence electrons. The van der Waals surface area contributed by atoms with Crippen LogP contribution in [0.3, 0.4) is 0 Å². The molecule has 3 fully saturated rings. The van der Waals surface area contributed by atoms with E-state index in [0.717, 1.165) is 23.9 Å². The predicted octanol–water partition coefficient (Wildman–Crippen LogP) is 2.38. The molecule has 2 aliphatic heterocycles. The van der Waals surface area contributed by atoms with Crippen LogP contribution in [0.1, 0.15) is 51.9 Å². The third-order valence-electron chi connectivity index (χ3n) is 5.19. The topological polar surface area (TPSA) is 29.3 Å². The van der Waals surface area contributed by atoms with Crippen molar-refractivity contribution in [1.82, 2.24) is 4.90 Å². The van der Waals surface area contributed by atoms with Crippen LogP contribution >= 0.6 is 0 Å². The van der Waals surface area contributed by atoms with Gasteiger partial charge in [-0.15, -0.1) is 0 Å². The summed E-state index contributed by atoms with van der Waals surface area (Å²) in [5.41, 5.74) is 6.12. The van der Waals surface area contributed by atoms with Crippen molar-refractivity contribution in [3.8, 4) is 0 Å². The monoisotopic (exact) mass is 222 g/mol. The van der Waals surface area contributed by atoms with Gasteiger partial charge in [-0.3, -0.25) is 4.90 Å². The molecule has 4 atom stereocenters. The lowest BCUT2D eigenvalue weighted by molar-refractivity contribution is 0.107. The highest BCUT2D eigenvalue weighted by atomic mass is 15.2. The highest BCUT2D eigenvalue weighted by Crippen LogP contribution is 2.38. The smallest absolute Gasteiger partial charge is 0.0114 e. The third-order valence-corrected chi connectivity index (χ3v) is 5.19. The van der Waals surface area contributed by atoms with Crippen molar-refractivity contribution in [2.45, 2.75) is 70.0 Å². The quantitative estimate of drug-likeness (QED) is 0.777. The Kier molecular flexibility index (Phi) is 2.97. The van der Waals surface area contributed by atoms with E-state index in [-0.39, 0.29) is 0 Å². The number of hydrogen-bond donors (Lipinski definition) is 1. The summed E-state index contributed by atoms with van der Waals surface area (Å²) >= 11 is 0. The number of rotatable bonds is 2. The van der Waals surface area contributed by atoms with Crippen LogP contribution in [0, 0.1) is 11.8 Å². The molecule has 2 heterocycles. The van der Waals surface area contributed by atoms with E-state index in [9.17, 15) is 0 Å². The maximum absolute atomic E-state index is 6.12. The standard InChI is InChI=1S/C14H26N2/c1-10-2-3-11(6-10)9-16-13-4-5-14(16)8-12(15)7-13/h10-14H,2-9,15H2,1H3. The molecule has 3 aliphatic rings. The van der Waals surface area contributed by atoms with Gasteiger partial charge in [0.15, 0.2) is 0 Å². The average molecular weight is 222 g/mol. The Balaban J connectivity index is 1.59. The molecule has 0 aromatic carbocycles. The van der Waals surface area contributed by atoms with Crippen LogP contribution in [0.2, 0.25) is 0 Å². The van der Waals surface area contributed by atoms with E-state index in [1.165, 1.54) is 51.5 Å². The Morgan fingerprint density at radius 3 is 2.25 bits per heavy atom. The fraction of sp³-hybridized carbons (Fsp3) is 1.00. The molecule has 3 rings (SSSR count). The van der Waals surface area contributed by atoms with Gasteiger partial charge in [-0.05, 0) is 50.4 Å². The van der Waals surface area contributed by atoms with Crippen molar-refractivity contribution in [1.29, 1.82) is 0 Å². The summed E-state index contributed by atoms with van der Waals surface area (Å²) in [6, 6.07) is 2.17. The molecule has 0 amide bonds. The Morgan fingerprint density at radius 1 is 1.00 bits per heavy atom. The molecular weight excluding hydrogens is 196 g/mol. The minimum Gasteiger partial charge on any atom is -0.328 e. The first kappa shape index (κ1) is 11.0. The molecule has 16 heavy (non-hydrogen) atoms. The predicted molar refractivity (Wildman–Crippen MR) is 67.2 cm³/mol. The lowest BCUT2D eigenvalue weighted by Gasteiger charge is -2.39. The first-order valence-electron chi connectivity index (χ1n) is 7.23. The molecule has 2 saturated heterocycles. The van der Waals surface area contributed by atoms with E-state index in [4.69, 9.17) is 5.73 Å². The van der Waals surface area contributed by atoms with Crippen molar-refractivity contribution < 1.29 is 0 Å². The molecule has 0 aromatic rings. The highest BCUT2D eigenvalue weighted by Gasteiger charge is 2.40. The number of piperidine rings is 1. The van der Waals surface area contributed by atoms with E-state index in [0.29, 0.717) is 6.04 Å². The SMILES string of the molecule is CC1CCC(CN2C3CCC2CC(N)C3)C1. The van der Waals surface area contributed by atoms with Crippen LogP contribution in [-0.4, -0.2) is 29.6 Å². The molecule has 1 aliphatic carbocycles. The molecule has 4 unspecified atom stereocenters. The van der Waals surface area contributed by atoms with Gasteiger partial charge in [0.1, 0.15) is 0 Å².